The van der Waals surface area contributed by atoms with E-state index in [0.29, 0.717) is 26.1 Å². The molecule has 0 aromatic heterocycles. The molecule has 1 saturated heterocycles. The van der Waals surface area contributed by atoms with Gasteiger partial charge in [0, 0.05) is 31.1 Å². The van der Waals surface area contributed by atoms with Crippen molar-refractivity contribution in [1.82, 2.24) is 0 Å². The first-order valence-electron chi connectivity index (χ1n) is 9.02. The Morgan fingerprint density at radius 1 is 1.12 bits per heavy atom. The first-order valence-corrected chi connectivity index (χ1v) is 9.02. The van der Waals surface area contributed by atoms with Gasteiger partial charge in [0.15, 0.2) is 5.79 Å². The smallest absolute Gasteiger partial charge is 0.459 e. The molecule has 0 amide bonds. The van der Waals surface area contributed by atoms with E-state index < -0.39 is 24.2 Å². The van der Waals surface area contributed by atoms with E-state index in [0.717, 1.165) is 6.42 Å². The van der Waals surface area contributed by atoms with Crippen LogP contribution in [0.5, 0.6) is 0 Å². The van der Waals surface area contributed by atoms with E-state index >= 15 is 0 Å². The van der Waals surface area contributed by atoms with Crippen LogP contribution in [-0.2, 0) is 28.5 Å². The third-order valence-electron chi connectivity index (χ3n) is 5.31. The van der Waals surface area contributed by atoms with Crippen molar-refractivity contribution in [2.45, 2.75) is 65.0 Å². The molecule has 7 heteroatoms. The largest absolute Gasteiger partial charge is 0.508 e. The Bertz CT molecular complexity index is 520. The highest BCUT2D eigenvalue weighted by atomic mass is 16.7. The summed E-state index contributed by atoms with van der Waals surface area (Å²) in [6, 6.07) is 0. The zero-order chi connectivity index (χ0) is 18.2. The molecule has 7 nitrogen and oxygen atoms in total. The van der Waals surface area contributed by atoms with Crippen molar-refractivity contribution in [3.8, 4) is 0 Å². The number of ether oxygens (including phenoxy) is 5. The lowest BCUT2D eigenvalue weighted by Crippen LogP contribution is -2.47. The molecule has 3 rings (SSSR count). The highest BCUT2D eigenvalue weighted by molar-refractivity contribution is 5.66. The Balaban J connectivity index is 1.70. The molecule has 1 spiro atoms. The van der Waals surface area contributed by atoms with Gasteiger partial charge in [-0.3, -0.25) is 4.79 Å². The van der Waals surface area contributed by atoms with Gasteiger partial charge in [-0.05, 0) is 19.3 Å². The second kappa shape index (κ2) is 6.76. The number of fused-ring (bicyclic) bond motifs is 1. The monoisotopic (exact) mass is 356 g/mol. The van der Waals surface area contributed by atoms with Crippen molar-refractivity contribution >= 4 is 12.1 Å². The third-order valence-corrected chi connectivity index (χ3v) is 5.31. The highest BCUT2D eigenvalue weighted by Crippen LogP contribution is 2.54. The lowest BCUT2D eigenvalue weighted by Gasteiger charge is -2.42. The van der Waals surface area contributed by atoms with Gasteiger partial charge in [-0.15, -0.1) is 0 Å². The van der Waals surface area contributed by atoms with Gasteiger partial charge < -0.3 is 23.7 Å². The van der Waals surface area contributed by atoms with Crippen LogP contribution in [-0.4, -0.2) is 49.9 Å². The summed E-state index contributed by atoms with van der Waals surface area (Å²) in [6.07, 6.45) is 0.331. The van der Waals surface area contributed by atoms with E-state index in [9.17, 15) is 9.59 Å². The quantitative estimate of drug-likeness (QED) is 0.719. The van der Waals surface area contributed by atoms with Crippen molar-refractivity contribution in [2.24, 2.45) is 17.3 Å². The molecular weight excluding hydrogens is 328 g/mol. The van der Waals surface area contributed by atoms with E-state index in [2.05, 4.69) is 13.8 Å². The summed E-state index contributed by atoms with van der Waals surface area (Å²) in [6.45, 7) is 8.83. The average Bonchev–Trinajstić information content (AvgIpc) is 2.99. The van der Waals surface area contributed by atoms with Crippen molar-refractivity contribution < 1.29 is 33.3 Å². The number of hydrogen-bond acceptors (Lipinski definition) is 7. The molecule has 2 saturated carbocycles. The summed E-state index contributed by atoms with van der Waals surface area (Å²) in [5.74, 6) is -0.716. The molecule has 0 aromatic rings. The fourth-order valence-corrected chi connectivity index (χ4v) is 4.24. The highest BCUT2D eigenvalue weighted by Gasteiger charge is 2.59. The summed E-state index contributed by atoms with van der Waals surface area (Å²) >= 11 is 0. The maximum Gasteiger partial charge on any atom is 0.508 e. The Morgan fingerprint density at radius 2 is 1.80 bits per heavy atom. The van der Waals surface area contributed by atoms with Gasteiger partial charge in [-0.2, -0.15) is 0 Å². The average molecular weight is 356 g/mol. The Kier molecular flexibility index (Phi) is 4.99. The number of hydrogen-bond donors (Lipinski definition) is 0. The Hall–Kier alpha value is -1.34. The topological polar surface area (TPSA) is 80.3 Å². The van der Waals surface area contributed by atoms with Crippen molar-refractivity contribution in [1.29, 1.82) is 0 Å². The molecular formula is C18H28O7. The molecule has 4 atom stereocenters. The second-order valence-corrected chi connectivity index (χ2v) is 8.13. The van der Waals surface area contributed by atoms with E-state index in [1.165, 1.54) is 6.92 Å². The molecule has 0 N–H and O–H groups in total. The van der Waals surface area contributed by atoms with Crippen LogP contribution < -0.4 is 0 Å². The molecule has 0 unspecified atom stereocenters. The van der Waals surface area contributed by atoms with Gasteiger partial charge >= 0.3 is 12.1 Å². The molecule has 0 aromatic carbocycles. The van der Waals surface area contributed by atoms with Crippen molar-refractivity contribution in [2.75, 3.05) is 19.8 Å². The van der Waals surface area contributed by atoms with Gasteiger partial charge in [0.05, 0.1) is 19.8 Å². The van der Waals surface area contributed by atoms with Crippen LogP contribution >= 0.6 is 0 Å². The van der Waals surface area contributed by atoms with Crippen LogP contribution in [0.15, 0.2) is 0 Å². The minimum atomic E-state index is -0.724. The number of carbonyl (C=O) groups excluding carboxylic acids is 2. The van der Waals surface area contributed by atoms with Gasteiger partial charge in [0.25, 0.3) is 0 Å². The zero-order valence-corrected chi connectivity index (χ0v) is 15.4. The molecule has 142 valence electrons. The normalized spacial score (nSPS) is 35.2. The second-order valence-electron chi connectivity index (χ2n) is 8.13. The first-order chi connectivity index (χ1) is 11.7. The van der Waals surface area contributed by atoms with Gasteiger partial charge in [-0.1, -0.05) is 13.8 Å². The first kappa shape index (κ1) is 18.5. The van der Waals surface area contributed by atoms with Crippen molar-refractivity contribution in [3.63, 3.8) is 0 Å². The predicted octanol–water partition coefficient (Wildman–Crippen LogP) is 2.66. The molecule has 1 aliphatic heterocycles. The van der Waals surface area contributed by atoms with Gasteiger partial charge in [0.2, 0.25) is 0 Å². The summed E-state index contributed by atoms with van der Waals surface area (Å²) in [5.41, 5.74) is 0.00403. The minimum Gasteiger partial charge on any atom is -0.459 e. The van der Waals surface area contributed by atoms with E-state index in [-0.39, 0.29) is 29.8 Å². The molecule has 0 radical (unpaired) electrons. The van der Waals surface area contributed by atoms with Gasteiger partial charge in [0.1, 0.15) is 12.2 Å². The molecule has 25 heavy (non-hydrogen) atoms. The van der Waals surface area contributed by atoms with E-state index in [1.807, 2.05) is 0 Å². The molecule has 0 bridgehead atoms. The lowest BCUT2D eigenvalue weighted by molar-refractivity contribution is -0.298. The van der Waals surface area contributed by atoms with Crippen molar-refractivity contribution in [3.05, 3.63) is 0 Å². The maximum absolute atomic E-state index is 11.8. The minimum absolute atomic E-state index is 0.00403. The number of rotatable bonds is 3. The molecule has 3 fully saturated rings. The van der Waals surface area contributed by atoms with Crippen LogP contribution in [0, 0.1) is 17.3 Å². The summed E-state index contributed by atoms with van der Waals surface area (Å²) < 4.78 is 28.0. The summed E-state index contributed by atoms with van der Waals surface area (Å²) in [5, 5.41) is 0. The SMILES string of the molecule is CCOC(=O)O[C@@H]1[C@@H]2CC3(C[C@@H]2C[C@H]1OC(C)=O)OCC(C)(C)CO3. The molecule has 1 heterocycles. The van der Waals surface area contributed by atoms with Crippen LogP contribution in [0.25, 0.3) is 0 Å². The standard InChI is InChI=1S/C18H28O7/c1-5-21-16(20)25-15-13-8-18(22-9-17(3,4)10-23-18)7-12(13)6-14(15)24-11(2)19/h12-15H,5-10H2,1-4H3/t12-,13+,14+,15+/m0/s1. The molecule has 3 aliphatic rings. The lowest BCUT2D eigenvalue weighted by atomic mass is 9.94. The number of carbonyl (C=O) groups is 2. The van der Waals surface area contributed by atoms with Crippen LogP contribution in [0.3, 0.4) is 0 Å². The summed E-state index contributed by atoms with van der Waals surface area (Å²) in [4.78, 5) is 23.2. The van der Waals surface area contributed by atoms with E-state index in [4.69, 9.17) is 23.7 Å². The zero-order valence-electron chi connectivity index (χ0n) is 15.4. The van der Waals surface area contributed by atoms with E-state index in [1.54, 1.807) is 6.92 Å². The fourth-order valence-electron chi connectivity index (χ4n) is 4.24. The number of esters is 1. The molecule has 2 aliphatic carbocycles. The van der Waals surface area contributed by atoms with Crippen LogP contribution in [0.1, 0.15) is 47.0 Å². The maximum atomic E-state index is 11.8. The Morgan fingerprint density at radius 3 is 2.40 bits per heavy atom. The third kappa shape index (κ3) is 3.92. The Labute approximate surface area is 148 Å². The van der Waals surface area contributed by atoms with Gasteiger partial charge in [-0.25, -0.2) is 4.79 Å². The van der Waals surface area contributed by atoms with Crippen LogP contribution in [0.2, 0.25) is 0 Å². The predicted molar refractivity (Wildman–Crippen MR) is 86.7 cm³/mol. The van der Waals surface area contributed by atoms with Crippen LogP contribution in [0.4, 0.5) is 4.79 Å². The summed E-state index contributed by atoms with van der Waals surface area (Å²) in [7, 11) is 0. The fraction of sp³-hybridized carbons (Fsp3) is 0.889.